The quantitative estimate of drug-likeness (QED) is 0.924. The third kappa shape index (κ3) is 2.98. The van der Waals surface area contributed by atoms with E-state index < -0.39 is 0 Å². The van der Waals surface area contributed by atoms with Crippen molar-refractivity contribution in [1.82, 2.24) is 25.1 Å². The highest BCUT2D eigenvalue weighted by Crippen LogP contribution is 2.28. The molecule has 2 aliphatic rings. The Hall–Kier alpha value is -1.73. The van der Waals surface area contributed by atoms with Gasteiger partial charge in [0.2, 0.25) is 0 Å². The van der Waals surface area contributed by atoms with Crippen molar-refractivity contribution in [3.8, 4) is 0 Å². The molecule has 0 unspecified atom stereocenters. The first-order valence-corrected chi connectivity index (χ1v) is 8.94. The zero-order valence-corrected chi connectivity index (χ0v) is 14.5. The molecular weight excluding hydrogens is 304 g/mol. The molecule has 7 heteroatoms. The molecule has 7 nitrogen and oxygen atoms in total. The van der Waals surface area contributed by atoms with Gasteiger partial charge in [0.15, 0.2) is 5.65 Å². The lowest BCUT2D eigenvalue weighted by molar-refractivity contribution is 0.0253. The van der Waals surface area contributed by atoms with E-state index in [2.05, 4.69) is 37.0 Å². The number of anilines is 1. The van der Waals surface area contributed by atoms with Crippen LogP contribution in [0.1, 0.15) is 31.5 Å². The first-order valence-electron chi connectivity index (χ1n) is 8.94. The predicted molar refractivity (Wildman–Crippen MR) is 93.3 cm³/mol. The molecule has 0 spiro atoms. The summed E-state index contributed by atoms with van der Waals surface area (Å²) in [6.45, 7) is 6.11. The summed E-state index contributed by atoms with van der Waals surface area (Å²) in [5, 5.41) is 8.10. The average molecular weight is 330 g/mol. The van der Waals surface area contributed by atoms with Crippen LogP contribution < -0.4 is 4.90 Å². The number of aryl methyl sites for hydroxylation is 1. The fourth-order valence-corrected chi connectivity index (χ4v) is 4.06. The Morgan fingerprint density at radius 1 is 1.17 bits per heavy atom. The van der Waals surface area contributed by atoms with E-state index in [1.54, 1.807) is 0 Å². The highest BCUT2D eigenvalue weighted by Gasteiger charge is 2.29. The van der Waals surface area contributed by atoms with E-state index in [1.807, 2.05) is 13.1 Å². The molecule has 2 aliphatic heterocycles. The van der Waals surface area contributed by atoms with Crippen molar-refractivity contribution in [2.45, 2.75) is 44.7 Å². The first-order chi connectivity index (χ1) is 11.7. The van der Waals surface area contributed by atoms with Crippen molar-refractivity contribution in [3.05, 3.63) is 12.0 Å². The molecule has 0 bridgehead atoms. The molecular formula is C17H26N6O. The van der Waals surface area contributed by atoms with E-state index in [0.29, 0.717) is 12.1 Å². The number of nitrogens with zero attached hydrogens (tertiary/aromatic N) is 5. The number of H-pyrrole nitrogens is 1. The lowest BCUT2D eigenvalue weighted by Gasteiger charge is -2.41. The van der Waals surface area contributed by atoms with Crippen LogP contribution >= 0.6 is 0 Å². The Bertz CT molecular complexity index is 687. The highest BCUT2D eigenvalue weighted by atomic mass is 16.5. The Morgan fingerprint density at radius 3 is 2.67 bits per heavy atom. The second-order valence-corrected chi connectivity index (χ2v) is 6.95. The van der Waals surface area contributed by atoms with Gasteiger partial charge in [-0.15, -0.1) is 0 Å². The second kappa shape index (κ2) is 6.64. The fourth-order valence-electron chi connectivity index (χ4n) is 4.06. The molecule has 4 rings (SSSR count). The van der Waals surface area contributed by atoms with Crippen LogP contribution in [-0.2, 0) is 4.74 Å². The van der Waals surface area contributed by atoms with Crippen LogP contribution in [0.4, 0.5) is 5.82 Å². The molecule has 0 saturated carbocycles. The molecule has 1 N–H and O–H groups in total. The number of hydrogen-bond donors (Lipinski definition) is 1. The summed E-state index contributed by atoms with van der Waals surface area (Å²) in [5.74, 6) is 1.78. The fraction of sp³-hybridized carbons (Fsp3) is 0.706. The van der Waals surface area contributed by atoms with Crippen LogP contribution in [0.3, 0.4) is 0 Å². The Labute approximate surface area is 142 Å². The average Bonchev–Trinajstić information content (AvgIpc) is 3.09. The molecule has 0 aliphatic carbocycles. The lowest BCUT2D eigenvalue weighted by atomic mass is 9.99. The summed E-state index contributed by atoms with van der Waals surface area (Å²) in [6, 6.07) is 1.24. The number of likely N-dealkylation sites (tertiary alicyclic amines) is 1. The van der Waals surface area contributed by atoms with Crippen LogP contribution in [0.5, 0.6) is 0 Å². The molecule has 4 heterocycles. The van der Waals surface area contributed by atoms with Gasteiger partial charge in [0.05, 0.1) is 11.6 Å². The smallest absolute Gasteiger partial charge is 0.161 e. The van der Waals surface area contributed by atoms with Gasteiger partial charge in [-0.05, 0) is 32.6 Å². The first kappa shape index (κ1) is 15.8. The van der Waals surface area contributed by atoms with Gasteiger partial charge in [0.1, 0.15) is 11.6 Å². The molecule has 0 atom stereocenters. The maximum Gasteiger partial charge on any atom is 0.161 e. The molecule has 2 aromatic rings. The monoisotopic (exact) mass is 330 g/mol. The van der Waals surface area contributed by atoms with Crippen LogP contribution in [-0.4, -0.2) is 70.5 Å². The van der Waals surface area contributed by atoms with Crippen LogP contribution in [0.2, 0.25) is 0 Å². The van der Waals surface area contributed by atoms with Gasteiger partial charge in [0, 0.05) is 45.4 Å². The third-order valence-corrected chi connectivity index (χ3v) is 5.49. The number of rotatable bonds is 3. The number of aromatic nitrogens is 4. The standard InChI is InChI=1S/C17H26N6O/c1-12-19-16-15(11-18-21-16)17(20-12)22(2)13-3-7-23(8-4-13)14-5-9-24-10-6-14/h11,13-14H,3-10H2,1-2H3,(H,18,19,20,21). The number of aromatic amines is 1. The molecule has 24 heavy (non-hydrogen) atoms. The SMILES string of the molecule is Cc1nc(N(C)C2CCN(C3CCOCC3)CC2)c2cn[nH]c2n1. The van der Waals surface area contributed by atoms with Crippen molar-refractivity contribution >= 4 is 16.9 Å². The maximum absolute atomic E-state index is 5.49. The van der Waals surface area contributed by atoms with Crippen molar-refractivity contribution in [1.29, 1.82) is 0 Å². The van der Waals surface area contributed by atoms with E-state index in [9.17, 15) is 0 Å². The van der Waals surface area contributed by atoms with Gasteiger partial charge in [-0.3, -0.25) is 5.10 Å². The molecule has 2 fully saturated rings. The summed E-state index contributed by atoms with van der Waals surface area (Å²) < 4.78 is 5.49. The van der Waals surface area contributed by atoms with Gasteiger partial charge in [-0.1, -0.05) is 0 Å². The van der Waals surface area contributed by atoms with Gasteiger partial charge in [0.25, 0.3) is 0 Å². The third-order valence-electron chi connectivity index (χ3n) is 5.49. The minimum atomic E-state index is 0.522. The number of fused-ring (bicyclic) bond motifs is 1. The highest BCUT2D eigenvalue weighted by molar-refractivity contribution is 5.86. The van der Waals surface area contributed by atoms with E-state index in [-0.39, 0.29) is 0 Å². The van der Waals surface area contributed by atoms with Crippen molar-refractivity contribution in [3.63, 3.8) is 0 Å². The Morgan fingerprint density at radius 2 is 1.92 bits per heavy atom. The van der Waals surface area contributed by atoms with Crippen molar-refractivity contribution < 1.29 is 4.74 Å². The zero-order valence-electron chi connectivity index (χ0n) is 14.5. The molecule has 0 radical (unpaired) electrons. The molecule has 130 valence electrons. The number of hydrogen-bond acceptors (Lipinski definition) is 6. The summed E-state index contributed by atoms with van der Waals surface area (Å²) >= 11 is 0. The minimum absolute atomic E-state index is 0.522. The Balaban J connectivity index is 1.45. The normalized spacial score (nSPS) is 21.4. The van der Waals surface area contributed by atoms with Crippen LogP contribution in [0.15, 0.2) is 6.20 Å². The number of piperidine rings is 1. The van der Waals surface area contributed by atoms with Crippen molar-refractivity contribution in [2.75, 3.05) is 38.3 Å². The zero-order chi connectivity index (χ0) is 16.5. The maximum atomic E-state index is 5.49. The van der Waals surface area contributed by atoms with Gasteiger partial charge in [-0.2, -0.15) is 5.10 Å². The van der Waals surface area contributed by atoms with Gasteiger partial charge in [-0.25, -0.2) is 9.97 Å². The molecule has 2 aromatic heterocycles. The number of nitrogens with one attached hydrogen (secondary N) is 1. The summed E-state index contributed by atoms with van der Waals surface area (Å²) in [5.41, 5.74) is 0.823. The van der Waals surface area contributed by atoms with E-state index in [1.165, 1.54) is 25.7 Å². The predicted octanol–water partition coefficient (Wildman–Crippen LogP) is 1.74. The topological polar surface area (TPSA) is 70.2 Å². The Kier molecular flexibility index (Phi) is 4.37. The van der Waals surface area contributed by atoms with Gasteiger partial charge >= 0.3 is 0 Å². The van der Waals surface area contributed by atoms with E-state index in [0.717, 1.165) is 49.0 Å². The molecule has 0 amide bonds. The summed E-state index contributed by atoms with van der Waals surface area (Å²) in [7, 11) is 2.16. The van der Waals surface area contributed by atoms with Crippen LogP contribution in [0, 0.1) is 6.92 Å². The van der Waals surface area contributed by atoms with E-state index in [4.69, 9.17) is 4.74 Å². The number of ether oxygens (including phenoxy) is 1. The van der Waals surface area contributed by atoms with Crippen molar-refractivity contribution in [2.24, 2.45) is 0 Å². The largest absolute Gasteiger partial charge is 0.381 e. The van der Waals surface area contributed by atoms with E-state index >= 15 is 0 Å². The summed E-state index contributed by atoms with van der Waals surface area (Å²) in [6.07, 6.45) is 6.55. The van der Waals surface area contributed by atoms with Gasteiger partial charge < -0.3 is 14.5 Å². The molecule has 0 aromatic carbocycles. The van der Waals surface area contributed by atoms with Crippen LogP contribution in [0.25, 0.3) is 11.0 Å². The summed E-state index contributed by atoms with van der Waals surface area (Å²) in [4.78, 5) is 14.1. The second-order valence-electron chi connectivity index (χ2n) is 6.95. The lowest BCUT2D eigenvalue weighted by Crippen LogP contribution is -2.48. The molecule has 2 saturated heterocycles. The minimum Gasteiger partial charge on any atom is -0.381 e.